The third kappa shape index (κ3) is 2.40. The Morgan fingerprint density at radius 1 is 1.47 bits per heavy atom. The number of fused-ring (bicyclic) bond motifs is 1. The molecule has 1 aliphatic heterocycles. The van der Waals surface area contributed by atoms with Crippen molar-refractivity contribution < 1.29 is 0 Å². The lowest BCUT2D eigenvalue weighted by Crippen LogP contribution is -2.37. The van der Waals surface area contributed by atoms with Crippen LogP contribution in [0, 0.1) is 4.77 Å². The van der Waals surface area contributed by atoms with Crippen LogP contribution in [0.3, 0.4) is 0 Å². The van der Waals surface area contributed by atoms with E-state index in [0.717, 1.165) is 23.3 Å². The lowest BCUT2D eigenvalue weighted by Gasteiger charge is -2.24. The second-order valence-electron chi connectivity index (χ2n) is 5.10. The van der Waals surface area contributed by atoms with Crippen molar-refractivity contribution in [3.63, 3.8) is 0 Å². The monoisotopic (exact) mass is 295 g/mol. The molecule has 0 aromatic carbocycles. The summed E-state index contributed by atoms with van der Waals surface area (Å²) in [5.74, 6) is 0. The molecule has 0 bridgehead atoms. The Morgan fingerprint density at radius 2 is 2.21 bits per heavy atom. The molecule has 4 nitrogen and oxygen atoms in total. The maximum Gasteiger partial charge on any atom is 0.263 e. The zero-order chi connectivity index (χ0) is 13.4. The third-order valence-corrected chi connectivity index (χ3v) is 4.97. The van der Waals surface area contributed by atoms with Gasteiger partial charge in [0.25, 0.3) is 5.56 Å². The van der Waals surface area contributed by atoms with E-state index >= 15 is 0 Å². The SMILES string of the molecule is CC(Cn1c(=S)[nH]c2sccc2c1=O)N1CCCC1. The number of rotatable bonds is 3. The number of aromatic nitrogens is 2. The predicted octanol–water partition coefficient (Wildman–Crippen LogP) is 2.60. The van der Waals surface area contributed by atoms with Gasteiger partial charge in [0.05, 0.1) is 5.39 Å². The van der Waals surface area contributed by atoms with Crippen molar-refractivity contribution in [1.29, 1.82) is 0 Å². The van der Waals surface area contributed by atoms with E-state index in [1.165, 1.54) is 24.2 Å². The molecule has 102 valence electrons. The first-order valence-corrected chi connectivity index (χ1v) is 7.90. The minimum atomic E-state index is 0.0334. The molecule has 1 saturated heterocycles. The number of likely N-dealkylation sites (tertiary alicyclic amines) is 1. The maximum atomic E-state index is 12.4. The van der Waals surface area contributed by atoms with Gasteiger partial charge in [0.1, 0.15) is 4.83 Å². The van der Waals surface area contributed by atoms with Crippen LogP contribution in [0.4, 0.5) is 0 Å². The number of nitrogens with one attached hydrogen (secondary N) is 1. The largest absolute Gasteiger partial charge is 0.323 e. The molecule has 1 aliphatic rings. The van der Waals surface area contributed by atoms with Gasteiger partial charge in [-0.2, -0.15) is 0 Å². The van der Waals surface area contributed by atoms with Crippen LogP contribution in [0.2, 0.25) is 0 Å². The van der Waals surface area contributed by atoms with Gasteiger partial charge in [0.15, 0.2) is 4.77 Å². The number of nitrogens with zero attached hydrogens (tertiary/aromatic N) is 2. The van der Waals surface area contributed by atoms with Crippen LogP contribution in [0.25, 0.3) is 10.2 Å². The van der Waals surface area contributed by atoms with Crippen molar-refractivity contribution >= 4 is 33.8 Å². The molecular weight excluding hydrogens is 278 g/mol. The zero-order valence-electron chi connectivity index (χ0n) is 10.9. The quantitative estimate of drug-likeness (QED) is 0.885. The molecule has 1 N–H and O–H groups in total. The van der Waals surface area contributed by atoms with E-state index in [1.807, 2.05) is 11.4 Å². The lowest BCUT2D eigenvalue weighted by atomic mass is 10.3. The van der Waals surface area contributed by atoms with Crippen molar-refractivity contribution in [1.82, 2.24) is 14.5 Å². The molecule has 2 aromatic heterocycles. The summed E-state index contributed by atoms with van der Waals surface area (Å²) in [4.78, 5) is 18.9. The molecule has 0 amide bonds. The Morgan fingerprint density at radius 3 is 2.95 bits per heavy atom. The maximum absolute atomic E-state index is 12.4. The molecule has 0 spiro atoms. The summed E-state index contributed by atoms with van der Waals surface area (Å²) in [6.07, 6.45) is 2.52. The molecular formula is C13H17N3OS2. The van der Waals surface area contributed by atoms with Crippen LogP contribution < -0.4 is 5.56 Å². The summed E-state index contributed by atoms with van der Waals surface area (Å²) in [5.41, 5.74) is 0.0334. The number of thiophene rings is 1. The number of hydrogen-bond donors (Lipinski definition) is 1. The van der Waals surface area contributed by atoms with Crippen molar-refractivity contribution in [3.8, 4) is 0 Å². The minimum absolute atomic E-state index is 0.0334. The fraction of sp³-hybridized carbons (Fsp3) is 0.538. The minimum Gasteiger partial charge on any atom is -0.323 e. The van der Waals surface area contributed by atoms with Gasteiger partial charge in [-0.1, -0.05) is 0 Å². The van der Waals surface area contributed by atoms with Crippen LogP contribution >= 0.6 is 23.6 Å². The van der Waals surface area contributed by atoms with Gasteiger partial charge in [-0.15, -0.1) is 11.3 Å². The van der Waals surface area contributed by atoms with Gasteiger partial charge in [-0.05, 0) is 56.5 Å². The fourth-order valence-corrected chi connectivity index (χ4v) is 3.81. The van der Waals surface area contributed by atoms with E-state index in [0.29, 0.717) is 17.4 Å². The Kier molecular flexibility index (Phi) is 3.56. The summed E-state index contributed by atoms with van der Waals surface area (Å²) in [5, 5.41) is 2.66. The van der Waals surface area contributed by atoms with Crippen molar-refractivity contribution in [2.45, 2.75) is 32.4 Å². The summed E-state index contributed by atoms with van der Waals surface area (Å²) < 4.78 is 2.24. The van der Waals surface area contributed by atoms with Gasteiger partial charge in [-0.25, -0.2) is 0 Å². The van der Waals surface area contributed by atoms with E-state index in [4.69, 9.17) is 12.2 Å². The molecule has 0 aliphatic carbocycles. The van der Waals surface area contributed by atoms with E-state index < -0.39 is 0 Å². The van der Waals surface area contributed by atoms with Crippen LogP contribution in [0.1, 0.15) is 19.8 Å². The molecule has 1 atom stereocenters. The first-order chi connectivity index (χ1) is 9.16. The van der Waals surface area contributed by atoms with E-state index in [9.17, 15) is 4.79 Å². The normalized spacial score (nSPS) is 18.2. The van der Waals surface area contributed by atoms with Gasteiger partial charge >= 0.3 is 0 Å². The standard InChI is InChI=1S/C13H17N3OS2/c1-9(15-5-2-3-6-15)8-16-12(17)10-4-7-19-11(10)14-13(16)18/h4,7,9H,2-3,5-6,8H2,1H3,(H,14,18). The molecule has 6 heteroatoms. The van der Waals surface area contributed by atoms with Crippen molar-refractivity contribution in [2.75, 3.05) is 13.1 Å². The molecule has 3 rings (SSSR count). The molecule has 1 unspecified atom stereocenters. The smallest absolute Gasteiger partial charge is 0.263 e. The first-order valence-electron chi connectivity index (χ1n) is 6.61. The number of hydrogen-bond acceptors (Lipinski definition) is 4. The fourth-order valence-electron chi connectivity index (χ4n) is 2.70. The van der Waals surface area contributed by atoms with Gasteiger partial charge < -0.3 is 4.98 Å². The van der Waals surface area contributed by atoms with Crippen LogP contribution in [0.15, 0.2) is 16.2 Å². The van der Waals surface area contributed by atoms with E-state index in [-0.39, 0.29) is 5.56 Å². The Hall–Kier alpha value is -0.980. The molecule has 0 saturated carbocycles. The Bertz CT molecular complexity index is 694. The first kappa shape index (κ1) is 13.0. The third-order valence-electron chi connectivity index (χ3n) is 3.82. The zero-order valence-corrected chi connectivity index (χ0v) is 12.5. The van der Waals surface area contributed by atoms with Crippen molar-refractivity contribution in [2.24, 2.45) is 0 Å². The van der Waals surface area contributed by atoms with Crippen molar-refractivity contribution in [3.05, 3.63) is 26.6 Å². The predicted molar refractivity (Wildman–Crippen MR) is 81.5 cm³/mol. The van der Waals surface area contributed by atoms with Crippen LogP contribution in [-0.4, -0.2) is 33.6 Å². The highest BCUT2D eigenvalue weighted by Gasteiger charge is 2.19. The summed E-state index contributed by atoms with van der Waals surface area (Å²) in [6.45, 7) is 5.10. The average Bonchev–Trinajstić information content (AvgIpc) is 3.04. The highest BCUT2D eigenvalue weighted by atomic mass is 32.1. The molecule has 1 fully saturated rings. The average molecular weight is 295 g/mol. The van der Waals surface area contributed by atoms with Gasteiger partial charge in [0.2, 0.25) is 0 Å². The topological polar surface area (TPSA) is 41.0 Å². The lowest BCUT2D eigenvalue weighted by molar-refractivity contribution is 0.233. The van der Waals surface area contributed by atoms with E-state index in [2.05, 4.69) is 16.8 Å². The molecule has 19 heavy (non-hydrogen) atoms. The van der Waals surface area contributed by atoms with Crippen LogP contribution in [-0.2, 0) is 6.54 Å². The molecule has 3 heterocycles. The Labute approximate surface area is 120 Å². The summed E-state index contributed by atoms with van der Waals surface area (Å²) in [7, 11) is 0. The highest BCUT2D eigenvalue weighted by molar-refractivity contribution is 7.71. The molecule has 0 radical (unpaired) electrons. The summed E-state index contributed by atoms with van der Waals surface area (Å²) in [6, 6.07) is 2.22. The number of H-pyrrole nitrogens is 1. The number of aromatic amines is 1. The molecule has 2 aromatic rings. The van der Waals surface area contributed by atoms with Crippen LogP contribution in [0.5, 0.6) is 0 Å². The second-order valence-corrected chi connectivity index (χ2v) is 6.40. The summed E-state index contributed by atoms with van der Waals surface area (Å²) >= 11 is 6.84. The van der Waals surface area contributed by atoms with E-state index in [1.54, 1.807) is 4.57 Å². The van der Waals surface area contributed by atoms with Gasteiger partial charge in [0, 0.05) is 12.6 Å². The van der Waals surface area contributed by atoms with Gasteiger partial charge in [-0.3, -0.25) is 14.3 Å². The Balaban J connectivity index is 1.95. The second kappa shape index (κ2) is 5.19. The highest BCUT2D eigenvalue weighted by Crippen LogP contribution is 2.16.